The summed E-state index contributed by atoms with van der Waals surface area (Å²) in [5.41, 5.74) is 6.26. The first kappa shape index (κ1) is 19.7. The molecule has 3 heterocycles. The van der Waals surface area contributed by atoms with Gasteiger partial charge < -0.3 is 9.88 Å². The van der Waals surface area contributed by atoms with Crippen LogP contribution in [-0.2, 0) is 13.0 Å². The molecule has 0 unspecified atom stereocenters. The van der Waals surface area contributed by atoms with Gasteiger partial charge in [-0.1, -0.05) is 30.3 Å². The molecule has 0 saturated carbocycles. The molecule has 32 heavy (non-hydrogen) atoms. The highest BCUT2D eigenvalue weighted by atomic mass is 19.1. The number of amides is 1. The SMILES string of the molecule is N#Cc1ccccc1Cn1c2c(c(-c3ccc(F)cc3)c1-c1ccncc1)C(=O)NCC2. The molecule has 1 amide bonds. The van der Waals surface area contributed by atoms with Crippen LogP contribution in [0.1, 0.15) is 27.2 Å². The van der Waals surface area contributed by atoms with E-state index in [0.717, 1.165) is 33.6 Å². The van der Waals surface area contributed by atoms with Gasteiger partial charge in [-0.15, -0.1) is 0 Å². The molecular weight excluding hydrogens is 403 g/mol. The van der Waals surface area contributed by atoms with Gasteiger partial charge >= 0.3 is 0 Å². The smallest absolute Gasteiger partial charge is 0.253 e. The molecule has 0 radical (unpaired) electrons. The lowest BCUT2D eigenvalue weighted by Gasteiger charge is -2.18. The first-order valence-corrected chi connectivity index (χ1v) is 10.3. The molecule has 1 aliphatic rings. The van der Waals surface area contributed by atoms with Crippen molar-refractivity contribution in [3.05, 3.63) is 101 Å². The highest BCUT2D eigenvalue weighted by molar-refractivity contribution is 6.07. The van der Waals surface area contributed by atoms with Gasteiger partial charge in [0.05, 0.1) is 22.9 Å². The second-order valence-electron chi connectivity index (χ2n) is 7.65. The van der Waals surface area contributed by atoms with Crippen molar-refractivity contribution in [1.82, 2.24) is 14.9 Å². The molecule has 5 rings (SSSR count). The summed E-state index contributed by atoms with van der Waals surface area (Å²) in [6.07, 6.45) is 4.09. The molecule has 2 aromatic heterocycles. The van der Waals surface area contributed by atoms with Gasteiger partial charge in [0.1, 0.15) is 5.82 Å². The molecule has 0 spiro atoms. The van der Waals surface area contributed by atoms with Gasteiger partial charge in [0.15, 0.2) is 0 Å². The molecule has 6 heteroatoms. The number of carbonyl (C=O) groups is 1. The zero-order valence-corrected chi connectivity index (χ0v) is 17.2. The summed E-state index contributed by atoms with van der Waals surface area (Å²) >= 11 is 0. The molecule has 0 aliphatic carbocycles. The fourth-order valence-corrected chi connectivity index (χ4v) is 4.37. The average molecular weight is 422 g/mol. The summed E-state index contributed by atoms with van der Waals surface area (Å²) in [7, 11) is 0. The maximum Gasteiger partial charge on any atom is 0.253 e. The van der Waals surface area contributed by atoms with Gasteiger partial charge in [0, 0.05) is 48.7 Å². The van der Waals surface area contributed by atoms with Gasteiger partial charge in [-0.2, -0.15) is 5.26 Å². The number of nitriles is 1. The molecule has 0 bridgehead atoms. The third kappa shape index (κ3) is 3.34. The summed E-state index contributed by atoms with van der Waals surface area (Å²) in [5.74, 6) is -0.479. The molecule has 0 atom stereocenters. The number of benzene rings is 2. The Bertz CT molecular complexity index is 1350. The average Bonchev–Trinajstić information content (AvgIpc) is 3.16. The van der Waals surface area contributed by atoms with E-state index < -0.39 is 0 Å². The standard InChI is InChI=1S/C26H19FN4O/c27-21-7-5-17(6-8-21)23-24-22(11-14-30-26(24)32)31(25(23)18-9-12-29-13-10-18)16-20-4-2-1-3-19(20)15-28/h1-10,12-13H,11,14,16H2,(H,30,32). The first-order valence-electron chi connectivity index (χ1n) is 10.3. The number of nitrogens with one attached hydrogen (secondary N) is 1. The Morgan fingerprint density at radius 2 is 1.75 bits per heavy atom. The zero-order valence-electron chi connectivity index (χ0n) is 17.2. The van der Waals surface area contributed by atoms with Crippen LogP contribution in [0.2, 0.25) is 0 Å². The molecule has 1 N–H and O–H groups in total. The largest absolute Gasteiger partial charge is 0.352 e. The quantitative estimate of drug-likeness (QED) is 0.524. The van der Waals surface area contributed by atoms with E-state index in [4.69, 9.17) is 0 Å². The second kappa shape index (κ2) is 8.12. The number of aromatic nitrogens is 2. The predicted molar refractivity (Wildman–Crippen MR) is 119 cm³/mol. The molecule has 2 aromatic carbocycles. The van der Waals surface area contributed by atoms with Crippen LogP contribution in [0.3, 0.4) is 0 Å². The van der Waals surface area contributed by atoms with Gasteiger partial charge in [0.2, 0.25) is 0 Å². The van der Waals surface area contributed by atoms with Crippen molar-refractivity contribution in [2.24, 2.45) is 0 Å². The summed E-state index contributed by atoms with van der Waals surface area (Å²) in [4.78, 5) is 17.2. The minimum Gasteiger partial charge on any atom is -0.352 e. The van der Waals surface area contributed by atoms with Crippen LogP contribution in [0.5, 0.6) is 0 Å². The molecule has 0 fully saturated rings. The Balaban J connectivity index is 1.83. The van der Waals surface area contributed by atoms with Crippen LogP contribution in [-0.4, -0.2) is 22.0 Å². The van der Waals surface area contributed by atoms with Crippen LogP contribution < -0.4 is 5.32 Å². The second-order valence-corrected chi connectivity index (χ2v) is 7.65. The molecule has 156 valence electrons. The molecular formula is C26H19FN4O. The number of rotatable bonds is 4. The van der Waals surface area contributed by atoms with E-state index in [-0.39, 0.29) is 11.7 Å². The predicted octanol–water partition coefficient (Wildman–Crippen LogP) is 4.56. The van der Waals surface area contributed by atoms with E-state index in [9.17, 15) is 14.4 Å². The lowest BCUT2D eigenvalue weighted by atomic mass is 9.95. The minimum absolute atomic E-state index is 0.145. The Morgan fingerprint density at radius 1 is 1.00 bits per heavy atom. The van der Waals surface area contributed by atoms with Crippen LogP contribution in [0.4, 0.5) is 4.39 Å². The number of pyridine rings is 1. The van der Waals surface area contributed by atoms with Crippen molar-refractivity contribution in [3.8, 4) is 28.5 Å². The van der Waals surface area contributed by atoms with Gasteiger partial charge in [0.25, 0.3) is 5.91 Å². The lowest BCUT2D eigenvalue weighted by molar-refractivity contribution is 0.0946. The van der Waals surface area contributed by atoms with E-state index in [2.05, 4.69) is 20.9 Å². The highest BCUT2D eigenvalue weighted by Crippen LogP contribution is 2.41. The van der Waals surface area contributed by atoms with Crippen molar-refractivity contribution in [3.63, 3.8) is 0 Å². The number of carbonyl (C=O) groups excluding carboxylic acids is 1. The maximum atomic E-state index is 13.7. The molecule has 0 saturated heterocycles. The maximum absolute atomic E-state index is 13.7. The van der Waals surface area contributed by atoms with Gasteiger partial charge in [-0.3, -0.25) is 9.78 Å². The first-order chi connectivity index (χ1) is 15.7. The number of hydrogen-bond donors (Lipinski definition) is 1. The van der Waals surface area contributed by atoms with Crippen molar-refractivity contribution in [2.45, 2.75) is 13.0 Å². The van der Waals surface area contributed by atoms with E-state index >= 15 is 0 Å². The Morgan fingerprint density at radius 3 is 2.50 bits per heavy atom. The van der Waals surface area contributed by atoms with Gasteiger partial charge in [-0.05, 0) is 41.5 Å². The number of halogens is 1. The van der Waals surface area contributed by atoms with E-state index in [1.54, 1.807) is 30.6 Å². The van der Waals surface area contributed by atoms with Crippen molar-refractivity contribution in [2.75, 3.05) is 6.54 Å². The van der Waals surface area contributed by atoms with E-state index in [1.807, 2.05) is 30.3 Å². The lowest BCUT2D eigenvalue weighted by Crippen LogP contribution is -2.32. The van der Waals surface area contributed by atoms with Gasteiger partial charge in [-0.25, -0.2) is 4.39 Å². The highest BCUT2D eigenvalue weighted by Gasteiger charge is 2.31. The molecule has 4 aromatic rings. The van der Waals surface area contributed by atoms with Crippen molar-refractivity contribution < 1.29 is 9.18 Å². The minimum atomic E-state index is -0.333. The summed E-state index contributed by atoms with van der Waals surface area (Å²) in [6, 6.07) is 19.8. The van der Waals surface area contributed by atoms with Crippen molar-refractivity contribution >= 4 is 5.91 Å². The Labute approximate surface area is 184 Å². The van der Waals surface area contributed by atoms with Crippen LogP contribution >= 0.6 is 0 Å². The van der Waals surface area contributed by atoms with Crippen LogP contribution in [0.25, 0.3) is 22.4 Å². The summed E-state index contributed by atoms with van der Waals surface area (Å²) < 4.78 is 15.8. The monoisotopic (exact) mass is 422 g/mol. The number of hydrogen-bond acceptors (Lipinski definition) is 3. The number of nitrogens with zero attached hydrogens (tertiary/aromatic N) is 3. The summed E-state index contributed by atoms with van der Waals surface area (Å²) in [6.45, 7) is 0.979. The molecule has 5 nitrogen and oxygen atoms in total. The normalized spacial score (nSPS) is 12.7. The third-order valence-electron chi connectivity index (χ3n) is 5.80. The fourth-order valence-electron chi connectivity index (χ4n) is 4.37. The van der Waals surface area contributed by atoms with E-state index in [0.29, 0.717) is 30.6 Å². The fraction of sp³-hybridized carbons (Fsp3) is 0.115. The topological polar surface area (TPSA) is 70.7 Å². The summed E-state index contributed by atoms with van der Waals surface area (Å²) in [5, 5.41) is 12.6. The van der Waals surface area contributed by atoms with E-state index in [1.165, 1.54) is 12.1 Å². The zero-order chi connectivity index (χ0) is 22.1. The van der Waals surface area contributed by atoms with Crippen molar-refractivity contribution in [1.29, 1.82) is 5.26 Å². The third-order valence-corrected chi connectivity index (χ3v) is 5.80. The number of fused-ring (bicyclic) bond motifs is 1. The Kier molecular flexibility index (Phi) is 5.00. The molecule has 1 aliphatic heterocycles. The van der Waals surface area contributed by atoms with Crippen LogP contribution in [0, 0.1) is 17.1 Å². The Hall–Kier alpha value is -4.24. The van der Waals surface area contributed by atoms with Crippen LogP contribution in [0.15, 0.2) is 73.1 Å².